The Morgan fingerprint density at radius 3 is 2.59 bits per heavy atom. The summed E-state index contributed by atoms with van der Waals surface area (Å²) in [4.78, 5) is 42.2. The first-order valence-corrected chi connectivity index (χ1v) is 12.0. The molecule has 0 bridgehead atoms. The number of methoxy groups -OCH3 is 1. The number of benzene rings is 1. The summed E-state index contributed by atoms with van der Waals surface area (Å²) >= 11 is 0. The Labute approximate surface area is 213 Å². The van der Waals surface area contributed by atoms with Gasteiger partial charge in [0.05, 0.1) is 26.2 Å². The Balaban J connectivity index is 1.52. The average molecular weight is 517 g/mol. The molecule has 10 nitrogen and oxygen atoms in total. The van der Waals surface area contributed by atoms with Crippen molar-refractivity contribution in [2.75, 3.05) is 20.3 Å². The first-order valence-electron chi connectivity index (χ1n) is 12.0. The predicted octanol–water partition coefficient (Wildman–Crippen LogP) is 2.18. The van der Waals surface area contributed by atoms with Crippen molar-refractivity contribution in [1.29, 1.82) is 0 Å². The van der Waals surface area contributed by atoms with Gasteiger partial charge in [-0.2, -0.15) is 0 Å². The first-order chi connectivity index (χ1) is 17.8. The summed E-state index contributed by atoms with van der Waals surface area (Å²) in [7, 11) is 1.33. The van der Waals surface area contributed by atoms with E-state index in [0.29, 0.717) is 6.42 Å². The molecule has 2 heterocycles. The highest BCUT2D eigenvalue weighted by Gasteiger charge is 2.40. The highest BCUT2D eigenvalue weighted by molar-refractivity contribution is 5.98. The highest BCUT2D eigenvalue weighted by Crippen LogP contribution is 2.33. The van der Waals surface area contributed by atoms with Crippen molar-refractivity contribution in [3.05, 3.63) is 53.6 Å². The second-order valence-electron chi connectivity index (χ2n) is 9.16. The number of carbonyl (C=O) groups is 3. The van der Waals surface area contributed by atoms with Gasteiger partial charge in [-0.05, 0) is 43.9 Å². The average Bonchev–Trinajstić information content (AvgIpc) is 3.72. The van der Waals surface area contributed by atoms with Crippen molar-refractivity contribution >= 4 is 17.8 Å². The molecule has 0 radical (unpaired) electrons. The van der Waals surface area contributed by atoms with Gasteiger partial charge in [0, 0.05) is 18.2 Å². The summed E-state index contributed by atoms with van der Waals surface area (Å²) in [6.07, 6.45) is 1.67. The number of hydrogen-bond acceptors (Lipinski definition) is 9. The van der Waals surface area contributed by atoms with Crippen LogP contribution in [0.15, 0.2) is 36.5 Å². The number of nitrogens with one attached hydrogen (secondary N) is 1. The van der Waals surface area contributed by atoms with Crippen LogP contribution in [0.25, 0.3) is 0 Å². The van der Waals surface area contributed by atoms with Gasteiger partial charge in [0.25, 0.3) is 5.91 Å². The highest BCUT2D eigenvalue weighted by atomic mass is 19.1. The molecule has 2 fully saturated rings. The van der Waals surface area contributed by atoms with Crippen molar-refractivity contribution < 1.29 is 42.8 Å². The zero-order chi connectivity index (χ0) is 26.5. The molecule has 1 saturated carbocycles. The lowest BCUT2D eigenvalue weighted by Crippen LogP contribution is -2.46. The van der Waals surface area contributed by atoms with Gasteiger partial charge in [-0.15, -0.1) is 0 Å². The number of nitrogens with zero attached hydrogens (tertiary/aromatic N) is 1. The van der Waals surface area contributed by atoms with E-state index in [0.717, 1.165) is 18.4 Å². The lowest BCUT2D eigenvalue weighted by Gasteiger charge is -2.30. The number of hydrogen-bond donors (Lipinski definition) is 2. The summed E-state index contributed by atoms with van der Waals surface area (Å²) in [6.45, 7) is 1.37. The molecule has 4 unspecified atom stereocenters. The van der Waals surface area contributed by atoms with E-state index in [-0.39, 0.29) is 42.4 Å². The molecule has 2 aromatic rings. The van der Waals surface area contributed by atoms with Crippen molar-refractivity contribution in [3.8, 4) is 11.5 Å². The van der Waals surface area contributed by atoms with Crippen LogP contribution in [0.5, 0.6) is 11.5 Å². The number of aromatic nitrogens is 1. The lowest BCUT2D eigenvalue weighted by molar-refractivity contribution is -0.162. The van der Waals surface area contributed by atoms with Gasteiger partial charge in [-0.1, -0.05) is 12.1 Å². The molecule has 37 heavy (non-hydrogen) atoms. The minimum absolute atomic E-state index is 0.0413. The number of carbonyl (C=O) groups excluding carboxylic acids is 3. The van der Waals surface area contributed by atoms with Crippen LogP contribution in [0.1, 0.15) is 35.8 Å². The van der Waals surface area contributed by atoms with Crippen LogP contribution in [0, 0.1) is 17.7 Å². The zero-order valence-corrected chi connectivity index (χ0v) is 20.5. The Morgan fingerprint density at radius 2 is 1.92 bits per heavy atom. The van der Waals surface area contributed by atoms with Crippen molar-refractivity contribution in [1.82, 2.24) is 10.3 Å². The van der Waals surface area contributed by atoms with Crippen LogP contribution in [0.3, 0.4) is 0 Å². The molecule has 2 N–H and O–H groups in total. The molecule has 1 aromatic heterocycles. The summed E-state index contributed by atoms with van der Waals surface area (Å²) in [6, 6.07) is 6.07. The van der Waals surface area contributed by atoms with Gasteiger partial charge in [0.2, 0.25) is 0 Å². The summed E-state index contributed by atoms with van der Waals surface area (Å²) < 4.78 is 35.6. The minimum Gasteiger partial charge on any atom is -0.503 e. The fourth-order valence-corrected chi connectivity index (χ4v) is 4.12. The Morgan fingerprint density at radius 1 is 1.19 bits per heavy atom. The third-order valence-corrected chi connectivity index (χ3v) is 6.42. The quantitative estimate of drug-likeness (QED) is 0.531. The van der Waals surface area contributed by atoms with E-state index >= 15 is 0 Å². The van der Waals surface area contributed by atoms with E-state index in [1.807, 2.05) is 0 Å². The number of ether oxygens (including phenoxy) is 4. The zero-order valence-electron chi connectivity index (χ0n) is 20.5. The molecule has 1 amide bonds. The van der Waals surface area contributed by atoms with Crippen molar-refractivity contribution in [2.24, 2.45) is 11.8 Å². The number of rotatable bonds is 7. The normalized spacial score (nSPS) is 24.1. The maximum Gasteiger partial charge on any atom is 0.331 e. The third kappa shape index (κ3) is 6.53. The number of amides is 1. The van der Waals surface area contributed by atoms with Crippen molar-refractivity contribution in [2.45, 2.75) is 44.4 Å². The Hall–Kier alpha value is -3.73. The van der Waals surface area contributed by atoms with Crippen LogP contribution < -0.4 is 10.1 Å². The fourth-order valence-electron chi connectivity index (χ4n) is 4.12. The Bertz CT molecular complexity index is 1140. The molecule has 11 heteroatoms. The van der Waals surface area contributed by atoms with Gasteiger partial charge in [-0.25, -0.2) is 14.2 Å². The molecule has 198 valence electrons. The van der Waals surface area contributed by atoms with E-state index < -0.39 is 41.8 Å². The lowest BCUT2D eigenvalue weighted by atomic mass is 9.89. The standard InChI is InChI=1S/C26H29FN2O8/c1-14-18(11-15-3-7-17(27)8-4-15)21(37-25(32)16-5-6-16)13-35-12-19(26(33)36-14)29-24(31)22-23(30)20(34-2)9-10-28-22/h3-4,7-10,14,16,18-19,21,30H,5-6,11-13H2,1-2H3,(H,29,31). The summed E-state index contributed by atoms with van der Waals surface area (Å²) in [5.74, 6) is -3.36. The molecule has 1 aliphatic heterocycles. The summed E-state index contributed by atoms with van der Waals surface area (Å²) in [5, 5.41) is 12.7. The number of aromatic hydroxyl groups is 1. The van der Waals surface area contributed by atoms with Crippen LogP contribution in [-0.2, 0) is 30.2 Å². The van der Waals surface area contributed by atoms with E-state index in [2.05, 4.69) is 10.3 Å². The third-order valence-electron chi connectivity index (χ3n) is 6.42. The number of halogens is 1. The number of pyridine rings is 1. The minimum atomic E-state index is -1.22. The second-order valence-corrected chi connectivity index (χ2v) is 9.16. The van der Waals surface area contributed by atoms with Crippen LogP contribution in [-0.4, -0.2) is 66.5 Å². The number of cyclic esters (lactones) is 1. The van der Waals surface area contributed by atoms with Gasteiger partial charge in [-0.3, -0.25) is 9.59 Å². The summed E-state index contributed by atoms with van der Waals surface area (Å²) in [5.41, 5.74) is 0.441. The fraction of sp³-hybridized carbons (Fsp3) is 0.462. The second kappa shape index (κ2) is 11.5. The molecule has 4 rings (SSSR count). The van der Waals surface area contributed by atoms with Gasteiger partial charge >= 0.3 is 11.9 Å². The van der Waals surface area contributed by atoms with E-state index in [9.17, 15) is 23.9 Å². The SMILES string of the molecule is COc1ccnc(C(=O)NC2COCC(OC(=O)C3CC3)C(Cc3ccc(F)cc3)C(C)OC2=O)c1O. The number of esters is 2. The molecule has 1 aliphatic carbocycles. The van der Waals surface area contributed by atoms with Crippen molar-refractivity contribution in [3.63, 3.8) is 0 Å². The molecule has 0 spiro atoms. The monoisotopic (exact) mass is 516 g/mol. The van der Waals surface area contributed by atoms with Crippen LogP contribution in [0.4, 0.5) is 4.39 Å². The van der Waals surface area contributed by atoms with E-state index in [1.54, 1.807) is 19.1 Å². The maximum absolute atomic E-state index is 13.4. The molecular formula is C26H29FN2O8. The van der Waals surface area contributed by atoms with Gasteiger partial charge in [0.1, 0.15) is 18.0 Å². The molecule has 1 saturated heterocycles. The van der Waals surface area contributed by atoms with E-state index in [4.69, 9.17) is 18.9 Å². The molecular weight excluding hydrogens is 487 g/mol. The van der Waals surface area contributed by atoms with Gasteiger partial charge < -0.3 is 29.4 Å². The van der Waals surface area contributed by atoms with Crippen LogP contribution >= 0.6 is 0 Å². The molecule has 1 aromatic carbocycles. The van der Waals surface area contributed by atoms with E-state index in [1.165, 1.54) is 31.5 Å². The smallest absolute Gasteiger partial charge is 0.331 e. The Kier molecular flexibility index (Phi) is 8.22. The van der Waals surface area contributed by atoms with Crippen LogP contribution in [0.2, 0.25) is 0 Å². The predicted molar refractivity (Wildman–Crippen MR) is 126 cm³/mol. The maximum atomic E-state index is 13.4. The van der Waals surface area contributed by atoms with Gasteiger partial charge in [0.15, 0.2) is 23.2 Å². The molecule has 2 aliphatic rings. The largest absolute Gasteiger partial charge is 0.503 e. The first kappa shape index (κ1) is 26.3. The molecule has 4 atom stereocenters. The topological polar surface area (TPSA) is 133 Å².